The van der Waals surface area contributed by atoms with Crippen molar-refractivity contribution in [3.05, 3.63) is 23.8 Å². The van der Waals surface area contributed by atoms with Crippen molar-refractivity contribution in [2.45, 2.75) is 48.1 Å². The van der Waals surface area contributed by atoms with Gasteiger partial charge in [-0.3, -0.25) is 10.1 Å². The summed E-state index contributed by atoms with van der Waals surface area (Å²) in [5, 5.41) is 12.8. The highest BCUT2D eigenvalue weighted by atomic mass is 32.2. The molecule has 3 aliphatic rings. The predicted molar refractivity (Wildman–Crippen MR) is 106 cm³/mol. The lowest BCUT2D eigenvalue weighted by molar-refractivity contribution is -0.139. The minimum Gasteiger partial charge on any atom is -0.493 e. The van der Waals surface area contributed by atoms with Gasteiger partial charge in [-0.1, -0.05) is 6.07 Å². The molecule has 6 nitrogen and oxygen atoms in total. The quantitative estimate of drug-likeness (QED) is 0.815. The fourth-order valence-electron chi connectivity index (χ4n) is 5.27. The summed E-state index contributed by atoms with van der Waals surface area (Å²) in [6.07, 6.45) is 4.11. The Morgan fingerprint density at radius 3 is 2.70 bits per heavy atom. The zero-order valence-corrected chi connectivity index (χ0v) is 17.0. The SMILES string of the molecule is COc1ccc(C23CCN(C)C2CC2(CC3)NC(C(=O)O)CS2)cc1OC. The van der Waals surface area contributed by atoms with Gasteiger partial charge >= 0.3 is 5.97 Å². The molecule has 2 aliphatic heterocycles. The molecule has 0 radical (unpaired) electrons. The summed E-state index contributed by atoms with van der Waals surface area (Å²) >= 11 is 1.80. The van der Waals surface area contributed by atoms with Crippen molar-refractivity contribution in [2.75, 3.05) is 33.6 Å². The Morgan fingerprint density at radius 1 is 1.26 bits per heavy atom. The van der Waals surface area contributed by atoms with Gasteiger partial charge in [0.2, 0.25) is 0 Å². The van der Waals surface area contributed by atoms with Gasteiger partial charge in [0, 0.05) is 17.2 Å². The lowest BCUT2D eigenvalue weighted by Gasteiger charge is -2.49. The maximum atomic E-state index is 11.4. The maximum absolute atomic E-state index is 11.4. The van der Waals surface area contributed by atoms with Crippen LogP contribution in [-0.2, 0) is 10.2 Å². The van der Waals surface area contributed by atoms with Crippen molar-refractivity contribution in [1.82, 2.24) is 10.2 Å². The first-order chi connectivity index (χ1) is 12.9. The number of carboxylic acid groups (broad SMARTS) is 1. The van der Waals surface area contributed by atoms with E-state index in [2.05, 4.69) is 29.4 Å². The number of benzene rings is 1. The van der Waals surface area contributed by atoms with Crippen LogP contribution in [0.4, 0.5) is 0 Å². The predicted octanol–water partition coefficient (Wildman–Crippen LogP) is 2.32. The normalized spacial score (nSPS) is 36.0. The number of fused-ring (bicyclic) bond motifs is 1. The second-order valence-electron chi connectivity index (χ2n) is 8.02. The van der Waals surface area contributed by atoms with E-state index in [1.165, 1.54) is 5.56 Å². The molecule has 1 aliphatic carbocycles. The van der Waals surface area contributed by atoms with Gasteiger partial charge in [0.25, 0.3) is 0 Å². The van der Waals surface area contributed by atoms with E-state index in [1.54, 1.807) is 26.0 Å². The molecular weight excluding hydrogens is 364 g/mol. The van der Waals surface area contributed by atoms with Gasteiger partial charge in [-0.25, -0.2) is 0 Å². The van der Waals surface area contributed by atoms with E-state index in [1.807, 2.05) is 6.07 Å². The van der Waals surface area contributed by atoms with Crippen LogP contribution in [0.1, 0.15) is 31.2 Å². The molecule has 1 aromatic carbocycles. The summed E-state index contributed by atoms with van der Waals surface area (Å²) < 4.78 is 11.0. The smallest absolute Gasteiger partial charge is 0.321 e. The molecule has 2 heterocycles. The number of nitrogens with zero attached hydrogens (tertiary/aromatic N) is 1. The number of hydrogen-bond donors (Lipinski definition) is 2. The summed E-state index contributed by atoms with van der Waals surface area (Å²) in [5.41, 5.74) is 1.39. The van der Waals surface area contributed by atoms with Crippen LogP contribution in [0.3, 0.4) is 0 Å². The van der Waals surface area contributed by atoms with E-state index in [4.69, 9.17) is 9.47 Å². The van der Waals surface area contributed by atoms with Crippen molar-refractivity contribution in [3.8, 4) is 11.5 Å². The number of nitrogens with one attached hydrogen (secondary N) is 1. The number of carboxylic acids is 1. The number of likely N-dealkylation sites (tertiary alicyclic amines) is 1. The molecule has 1 aromatic rings. The van der Waals surface area contributed by atoms with Crippen LogP contribution in [0.25, 0.3) is 0 Å². The minimum atomic E-state index is -0.740. The summed E-state index contributed by atoms with van der Waals surface area (Å²) in [6.45, 7) is 1.06. The zero-order valence-electron chi connectivity index (χ0n) is 16.2. The van der Waals surface area contributed by atoms with Crippen LogP contribution < -0.4 is 14.8 Å². The molecule has 148 valence electrons. The van der Waals surface area contributed by atoms with Gasteiger partial charge in [-0.15, -0.1) is 11.8 Å². The number of aliphatic carboxylic acids is 1. The van der Waals surface area contributed by atoms with Crippen molar-refractivity contribution in [3.63, 3.8) is 0 Å². The Balaban J connectivity index is 1.65. The first-order valence-electron chi connectivity index (χ1n) is 9.50. The van der Waals surface area contributed by atoms with E-state index >= 15 is 0 Å². The number of rotatable bonds is 4. The van der Waals surface area contributed by atoms with E-state index in [9.17, 15) is 9.90 Å². The van der Waals surface area contributed by atoms with Crippen LogP contribution in [0, 0.1) is 0 Å². The number of ether oxygens (including phenoxy) is 2. The van der Waals surface area contributed by atoms with Crippen molar-refractivity contribution < 1.29 is 19.4 Å². The van der Waals surface area contributed by atoms with Gasteiger partial charge in [0.15, 0.2) is 11.5 Å². The number of carbonyl (C=O) groups is 1. The standard InChI is InChI=1S/C20H28N2O4S/c1-22-9-8-19(13-4-5-15(25-2)16(10-13)26-3)6-7-20(11-17(19)22)21-14(12-27-20)18(23)24/h4-5,10,14,17,21H,6-9,11-12H2,1-3H3,(H,23,24). The summed E-state index contributed by atoms with van der Waals surface area (Å²) in [5.74, 6) is 1.44. The molecular formula is C20H28N2O4S. The molecule has 7 heteroatoms. The number of thioether (sulfide) groups is 1. The Kier molecular flexibility index (Phi) is 4.81. The van der Waals surface area contributed by atoms with Crippen LogP contribution >= 0.6 is 11.8 Å². The number of likely N-dealkylation sites (N-methyl/N-ethyl adjacent to an activating group) is 1. The van der Waals surface area contributed by atoms with Crippen molar-refractivity contribution >= 4 is 17.7 Å². The van der Waals surface area contributed by atoms with Crippen molar-refractivity contribution in [2.24, 2.45) is 0 Å². The lowest BCUT2D eigenvalue weighted by atomic mass is 9.64. The molecule has 4 rings (SSSR count). The molecule has 0 bridgehead atoms. The second kappa shape index (κ2) is 6.87. The number of hydrogen-bond acceptors (Lipinski definition) is 6. The van der Waals surface area contributed by atoms with Gasteiger partial charge < -0.3 is 19.5 Å². The summed E-state index contributed by atoms with van der Waals surface area (Å²) in [6, 6.07) is 6.28. The van der Waals surface area contributed by atoms with Crippen LogP contribution in [0.15, 0.2) is 18.2 Å². The summed E-state index contributed by atoms with van der Waals surface area (Å²) in [7, 11) is 5.53. The monoisotopic (exact) mass is 392 g/mol. The first-order valence-corrected chi connectivity index (χ1v) is 10.5. The van der Waals surface area contributed by atoms with Crippen LogP contribution in [0.2, 0.25) is 0 Å². The highest BCUT2D eigenvalue weighted by molar-refractivity contribution is 8.01. The average molecular weight is 393 g/mol. The summed E-state index contributed by atoms with van der Waals surface area (Å²) in [4.78, 5) is 13.8. The molecule has 4 unspecified atom stereocenters. The molecule has 4 atom stereocenters. The number of methoxy groups -OCH3 is 2. The highest BCUT2D eigenvalue weighted by Gasteiger charge is 2.57. The molecule has 3 fully saturated rings. The van der Waals surface area contributed by atoms with E-state index in [0.717, 1.165) is 43.7 Å². The molecule has 2 N–H and O–H groups in total. The zero-order chi connectivity index (χ0) is 19.2. The second-order valence-corrected chi connectivity index (χ2v) is 9.42. The van der Waals surface area contributed by atoms with Crippen LogP contribution in [-0.4, -0.2) is 66.5 Å². The minimum absolute atomic E-state index is 0.0864. The third-order valence-corrected chi connectivity index (χ3v) is 8.34. The Morgan fingerprint density at radius 2 is 2.04 bits per heavy atom. The van der Waals surface area contributed by atoms with E-state index in [0.29, 0.717) is 11.8 Å². The van der Waals surface area contributed by atoms with Gasteiger partial charge in [-0.2, -0.15) is 0 Å². The highest BCUT2D eigenvalue weighted by Crippen LogP contribution is 2.55. The van der Waals surface area contributed by atoms with E-state index < -0.39 is 12.0 Å². The fourth-order valence-corrected chi connectivity index (χ4v) is 6.73. The Labute approximate surface area is 164 Å². The fraction of sp³-hybridized carbons (Fsp3) is 0.650. The van der Waals surface area contributed by atoms with Gasteiger partial charge in [0.1, 0.15) is 6.04 Å². The molecule has 0 aromatic heterocycles. The first kappa shape index (κ1) is 18.9. The van der Waals surface area contributed by atoms with E-state index in [-0.39, 0.29) is 10.3 Å². The lowest BCUT2D eigenvalue weighted by Crippen LogP contribution is -2.56. The third kappa shape index (κ3) is 3.00. The molecule has 2 saturated heterocycles. The Bertz CT molecular complexity index is 745. The van der Waals surface area contributed by atoms with Gasteiger partial charge in [-0.05, 0) is 57.0 Å². The molecule has 1 spiro atoms. The molecule has 0 amide bonds. The Hall–Kier alpha value is -1.44. The average Bonchev–Trinajstić information content (AvgIpc) is 3.24. The van der Waals surface area contributed by atoms with Crippen LogP contribution in [0.5, 0.6) is 11.5 Å². The largest absolute Gasteiger partial charge is 0.493 e. The maximum Gasteiger partial charge on any atom is 0.321 e. The molecule has 1 saturated carbocycles. The molecule has 27 heavy (non-hydrogen) atoms. The van der Waals surface area contributed by atoms with Gasteiger partial charge in [0.05, 0.1) is 19.1 Å². The topological polar surface area (TPSA) is 71.0 Å². The van der Waals surface area contributed by atoms with Crippen molar-refractivity contribution in [1.29, 1.82) is 0 Å². The third-order valence-electron chi connectivity index (χ3n) is 6.80.